The van der Waals surface area contributed by atoms with Gasteiger partial charge in [-0.25, -0.2) is 0 Å². The number of benzene rings is 1. The molecule has 1 aromatic carbocycles. The fraction of sp³-hybridized carbons (Fsp3) is 0.588. The van der Waals surface area contributed by atoms with E-state index in [2.05, 4.69) is 0 Å². The molecule has 4 nitrogen and oxygen atoms in total. The number of fused-ring (bicyclic) bond motifs is 3. The van der Waals surface area contributed by atoms with Gasteiger partial charge in [0.25, 0.3) is 0 Å². The van der Waals surface area contributed by atoms with Crippen LogP contribution < -0.4 is 0 Å². The minimum atomic E-state index is -0.961. The van der Waals surface area contributed by atoms with Crippen LogP contribution in [0.15, 0.2) is 24.3 Å². The normalized spacial score (nSPS) is 44.2. The summed E-state index contributed by atoms with van der Waals surface area (Å²) in [7, 11) is 3.31. The van der Waals surface area contributed by atoms with Gasteiger partial charge in [0.1, 0.15) is 0 Å². The van der Waals surface area contributed by atoms with Gasteiger partial charge in [-0.1, -0.05) is 24.3 Å². The van der Waals surface area contributed by atoms with E-state index in [0.29, 0.717) is 17.4 Å². The number of ketones is 1. The molecule has 110 valence electrons. The average Bonchev–Trinajstić information content (AvgIpc) is 2.94. The van der Waals surface area contributed by atoms with Gasteiger partial charge >= 0.3 is 0 Å². The van der Waals surface area contributed by atoms with Crippen molar-refractivity contribution in [3.05, 3.63) is 35.4 Å². The molecule has 0 aromatic heterocycles. The summed E-state index contributed by atoms with van der Waals surface area (Å²) in [6.07, 6.45) is 3.22. The standard InChI is InChI=1S/C17H18O4/c1-19-17(20-2)13-6-4-3-5-12(13)14(18)15-10-7-8-11(9-10)16(15,17)21-15/h3-6,10-11H,7-9H2,1-2H3/t10-,11-,15+,16-/m1/s1. The van der Waals surface area contributed by atoms with E-state index in [0.717, 1.165) is 24.8 Å². The molecule has 1 saturated heterocycles. The Morgan fingerprint density at radius 2 is 1.86 bits per heavy atom. The Bertz CT molecular complexity index is 665. The van der Waals surface area contributed by atoms with Crippen molar-refractivity contribution < 1.29 is 19.0 Å². The largest absolute Gasteiger partial charge is 0.347 e. The lowest BCUT2D eigenvalue weighted by Gasteiger charge is -2.44. The summed E-state index contributed by atoms with van der Waals surface area (Å²) in [5.41, 5.74) is 0.205. The second-order valence-electron chi connectivity index (χ2n) is 6.68. The minimum Gasteiger partial charge on any atom is -0.347 e. The molecule has 4 heteroatoms. The van der Waals surface area contributed by atoms with Crippen molar-refractivity contribution in [2.75, 3.05) is 14.2 Å². The molecule has 21 heavy (non-hydrogen) atoms. The summed E-state index contributed by atoms with van der Waals surface area (Å²) >= 11 is 0. The molecule has 1 heterocycles. The summed E-state index contributed by atoms with van der Waals surface area (Å²) in [6, 6.07) is 7.63. The van der Waals surface area contributed by atoms with Crippen molar-refractivity contribution in [2.24, 2.45) is 11.8 Å². The van der Waals surface area contributed by atoms with Crippen LogP contribution in [0.5, 0.6) is 0 Å². The molecule has 3 aliphatic carbocycles. The van der Waals surface area contributed by atoms with Crippen LogP contribution in [-0.4, -0.2) is 31.2 Å². The molecule has 4 atom stereocenters. The third kappa shape index (κ3) is 0.944. The van der Waals surface area contributed by atoms with Crippen molar-refractivity contribution in [1.29, 1.82) is 0 Å². The minimum absolute atomic E-state index is 0.134. The smallest absolute Gasteiger partial charge is 0.229 e. The first kappa shape index (κ1) is 12.3. The molecule has 1 aromatic rings. The van der Waals surface area contributed by atoms with Crippen LogP contribution in [0.2, 0.25) is 0 Å². The number of carbonyl (C=O) groups is 1. The van der Waals surface area contributed by atoms with E-state index in [9.17, 15) is 4.79 Å². The number of carbonyl (C=O) groups excluding carboxylic acids is 1. The summed E-state index contributed by atoms with van der Waals surface area (Å²) in [4.78, 5) is 13.1. The molecule has 2 saturated carbocycles. The van der Waals surface area contributed by atoms with E-state index in [1.807, 2.05) is 24.3 Å². The Hall–Kier alpha value is -1.23. The van der Waals surface area contributed by atoms with E-state index < -0.39 is 17.0 Å². The molecular formula is C17H18O4. The van der Waals surface area contributed by atoms with Crippen LogP contribution in [0.4, 0.5) is 0 Å². The number of methoxy groups -OCH3 is 2. The van der Waals surface area contributed by atoms with Crippen molar-refractivity contribution >= 4 is 5.78 Å². The zero-order chi connectivity index (χ0) is 14.5. The zero-order valence-electron chi connectivity index (χ0n) is 12.2. The fourth-order valence-electron chi connectivity index (χ4n) is 5.68. The maximum absolute atomic E-state index is 13.1. The number of hydrogen-bond acceptors (Lipinski definition) is 4. The number of hydrogen-bond donors (Lipinski definition) is 0. The summed E-state index contributed by atoms with van der Waals surface area (Å²) in [6.45, 7) is 0. The lowest BCUT2D eigenvalue weighted by atomic mass is 9.64. The highest BCUT2D eigenvalue weighted by molar-refractivity contribution is 6.09. The van der Waals surface area contributed by atoms with Gasteiger partial charge in [0.2, 0.25) is 5.79 Å². The van der Waals surface area contributed by atoms with Gasteiger partial charge in [-0.15, -0.1) is 0 Å². The van der Waals surface area contributed by atoms with Gasteiger partial charge in [0.15, 0.2) is 17.0 Å². The molecule has 3 fully saturated rings. The van der Waals surface area contributed by atoms with Crippen LogP contribution in [0.25, 0.3) is 0 Å². The topological polar surface area (TPSA) is 48.1 Å². The van der Waals surface area contributed by atoms with Crippen molar-refractivity contribution in [1.82, 2.24) is 0 Å². The van der Waals surface area contributed by atoms with E-state index in [1.54, 1.807) is 14.2 Å². The fourth-order valence-corrected chi connectivity index (χ4v) is 5.68. The summed E-state index contributed by atoms with van der Waals surface area (Å²) in [5, 5.41) is 0. The Morgan fingerprint density at radius 3 is 2.62 bits per heavy atom. The Labute approximate surface area is 123 Å². The number of Topliss-reactive ketones (excluding diaryl/α,β-unsaturated/α-hetero) is 1. The number of ether oxygens (including phenoxy) is 3. The van der Waals surface area contributed by atoms with E-state index >= 15 is 0 Å². The first-order chi connectivity index (χ1) is 10.2. The first-order valence-electron chi connectivity index (χ1n) is 7.62. The van der Waals surface area contributed by atoms with E-state index in [-0.39, 0.29) is 5.78 Å². The van der Waals surface area contributed by atoms with E-state index in [4.69, 9.17) is 14.2 Å². The Balaban J connectivity index is 1.86. The van der Waals surface area contributed by atoms with Crippen molar-refractivity contribution in [2.45, 2.75) is 36.3 Å². The highest BCUT2D eigenvalue weighted by Crippen LogP contribution is 2.79. The molecule has 0 N–H and O–H groups in total. The summed E-state index contributed by atoms with van der Waals surface area (Å²) < 4.78 is 18.1. The predicted octanol–water partition coefficient (Wildman–Crippen LogP) is 2.27. The third-order valence-electron chi connectivity index (χ3n) is 6.34. The van der Waals surface area contributed by atoms with Gasteiger partial charge < -0.3 is 14.2 Å². The van der Waals surface area contributed by atoms with Crippen LogP contribution in [0.3, 0.4) is 0 Å². The molecule has 4 aliphatic rings. The zero-order valence-corrected chi connectivity index (χ0v) is 12.2. The molecule has 5 rings (SSSR count). The quantitative estimate of drug-likeness (QED) is 0.618. The van der Waals surface area contributed by atoms with Gasteiger partial charge in [0, 0.05) is 25.3 Å². The van der Waals surface area contributed by atoms with Crippen molar-refractivity contribution in [3.8, 4) is 0 Å². The second-order valence-corrected chi connectivity index (χ2v) is 6.68. The van der Waals surface area contributed by atoms with Crippen LogP contribution in [0, 0.1) is 11.8 Å². The van der Waals surface area contributed by atoms with Gasteiger partial charge in [-0.3, -0.25) is 4.79 Å². The van der Waals surface area contributed by atoms with E-state index in [1.165, 1.54) is 0 Å². The van der Waals surface area contributed by atoms with Gasteiger partial charge in [-0.05, 0) is 31.1 Å². The molecule has 1 aliphatic heterocycles. The monoisotopic (exact) mass is 286 g/mol. The van der Waals surface area contributed by atoms with Crippen LogP contribution in [-0.2, 0) is 20.0 Å². The molecule has 0 amide bonds. The molecule has 0 spiro atoms. The summed E-state index contributed by atoms with van der Waals surface area (Å²) in [5.74, 6) is -0.167. The second kappa shape index (κ2) is 3.40. The van der Waals surface area contributed by atoms with Crippen LogP contribution >= 0.6 is 0 Å². The maximum atomic E-state index is 13.1. The Morgan fingerprint density at radius 1 is 1.14 bits per heavy atom. The predicted molar refractivity (Wildman–Crippen MR) is 73.8 cm³/mol. The number of rotatable bonds is 2. The molecule has 0 unspecified atom stereocenters. The lowest BCUT2D eigenvalue weighted by Crippen LogP contribution is -2.59. The average molecular weight is 286 g/mol. The Kier molecular flexibility index (Phi) is 1.99. The molecule has 2 bridgehead atoms. The lowest BCUT2D eigenvalue weighted by molar-refractivity contribution is -0.266. The first-order valence-corrected chi connectivity index (χ1v) is 7.62. The maximum Gasteiger partial charge on any atom is 0.229 e. The number of epoxide rings is 1. The van der Waals surface area contributed by atoms with Gasteiger partial charge in [0.05, 0.1) is 0 Å². The van der Waals surface area contributed by atoms with Gasteiger partial charge in [-0.2, -0.15) is 0 Å². The third-order valence-corrected chi connectivity index (χ3v) is 6.34. The van der Waals surface area contributed by atoms with Crippen molar-refractivity contribution in [3.63, 3.8) is 0 Å². The molecule has 0 radical (unpaired) electrons. The highest BCUT2D eigenvalue weighted by atomic mass is 16.8. The highest BCUT2D eigenvalue weighted by Gasteiger charge is 2.94. The van der Waals surface area contributed by atoms with Crippen LogP contribution in [0.1, 0.15) is 35.2 Å². The molecular weight excluding hydrogens is 268 g/mol. The SMILES string of the molecule is COC1(OC)c2ccccc2C(=O)[C@]23O[C@@]12[C@@H]1CC[C@@H]3C1.